The number of benzene rings is 2. The summed E-state index contributed by atoms with van der Waals surface area (Å²) in [5.74, 6) is -0.773. The number of ketones is 1. The third kappa shape index (κ3) is 6.02. The maximum absolute atomic E-state index is 15.5. The molecule has 2 aromatic rings. The Hall–Kier alpha value is -2.49. The molecule has 27 heavy (non-hydrogen) atoms. The molecule has 0 aliphatic carbocycles. The molecular weight excluding hydrogens is 343 g/mol. The zero-order valence-electron chi connectivity index (χ0n) is 15.8. The van der Waals surface area contributed by atoms with Crippen molar-refractivity contribution in [2.45, 2.75) is 51.1 Å². The van der Waals surface area contributed by atoms with E-state index < -0.39 is 11.5 Å². The van der Waals surface area contributed by atoms with Crippen LogP contribution in [0.4, 0.5) is 4.39 Å². The van der Waals surface area contributed by atoms with Gasteiger partial charge in [-0.2, -0.15) is 0 Å². The van der Waals surface area contributed by atoms with E-state index in [1.807, 2.05) is 19.1 Å². The van der Waals surface area contributed by atoms with Crippen LogP contribution in [0.1, 0.15) is 61.4 Å². The van der Waals surface area contributed by atoms with Crippen molar-refractivity contribution in [1.82, 2.24) is 0 Å². The first-order valence-corrected chi connectivity index (χ1v) is 9.58. The summed E-state index contributed by atoms with van der Waals surface area (Å²) in [4.78, 5) is 24.5. The molecule has 0 fully saturated rings. The van der Waals surface area contributed by atoms with Crippen LogP contribution in [0.5, 0.6) is 0 Å². The van der Waals surface area contributed by atoms with Gasteiger partial charge in [0.25, 0.3) is 0 Å². The molecule has 144 valence electrons. The Kier molecular flexibility index (Phi) is 8.18. The molecule has 1 unspecified atom stereocenters. The lowest BCUT2D eigenvalue weighted by Crippen LogP contribution is -2.31. The van der Waals surface area contributed by atoms with E-state index in [0.29, 0.717) is 30.4 Å². The van der Waals surface area contributed by atoms with Crippen LogP contribution in [0.15, 0.2) is 60.7 Å². The summed E-state index contributed by atoms with van der Waals surface area (Å²) in [5, 5.41) is 0. The molecule has 0 aliphatic heterocycles. The van der Waals surface area contributed by atoms with Gasteiger partial charge in [-0.25, -0.2) is 9.18 Å². The van der Waals surface area contributed by atoms with E-state index >= 15 is 4.39 Å². The number of ether oxygens (including phenoxy) is 1. The third-order valence-electron chi connectivity index (χ3n) is 4.59. The van der Waals surface area contributed by atoms with Gasteiger partial charge in [-0.3, -0.25) is 4.79 Å². The van der Waals surface area contributed by atoms with Crippen molar-refractivity contribution in [2.75, 3.05) is 6.61 Å². The van der Waals surface area contributed by atoms with Crippen LogP contribution >= 0.6 is 0 Å². The molecule has 0 heterocycles. The van der Waals surface area contributed by atoms with Crippen molar-refractivity contribution in [3.05, 3.63) is 71.8 Å². The first kappa shape index (κ1) is 20.8. The van der Waals surface area contributed by atoms with Gasteiger partial charge < -0.3 is 4.74 Å². The monoisotopic (exact) mass is 370 g/mol. The van der Waals surface area contributed by atoms with Crippen molar-refractivity contribution in [1.29, 1.82) is 0 Å². The van der Waals surface area contributed by atoms with Crippen molar-refractivity contribution < 1.29 is 18.7 Å². The number of carbonyl (C=O) groups is 2. The Bertz CT molecular complexity index is 715. The van der Waals surface area contributed by atoms with Gasteiger partial charge in [-0.15, -0.1) is 0 Å². The maximum Gasteiger partial charge on any atom is 0.338 e. The van der Waals surface area contributed by atoms with E-state index in [9.17, 15) is 9.59 Å². The van der Waals surface area contributed by atoms with Crippen LogP contribution in [0.2, 0.25) is 0 Å². The Morgan fingerprint density at radius 3 is 2.19 bits per heavy atom. The van der Waals surface area contributed by atoms with Gasteiger partial charge in [0.1, 0.15) is 0 Å². The number of hydrogen-bond acceptors (Lipinski definition) is 3. The van der Waals surface area contributed by atoms with Crippen molar-refractivity contribution in [3.63, 3.8) is 0 Å². The highest BCUT2D eigenvalue weighted by atomic mass is 19.1. The zero-order chi connectivity index (χ0) is 19.5. The lowest BCUT2D eigenvalue weighted by atomic mass is 9.84. The Morgan fingerprint density at radius 1 is 0.926 bits per heavy atom. The molecule has 0 aliphatic rings. The van der Waals surface area contributed by atoms with Gasteiger partial charge in [-0.1, -0.05) is 61.9 Å². The molecule has 2 aromatic carbocycles. The topological polar surface area (TPSA) is 43.4 Å². The van der Waals surface area contributed by atoms with Crippen molar-refractivity contribution in [2.24, 2.45) is 0 Å². The first-order chi connectivity index (χ1) is 13.1. The number of Topliss-reactive ketones (excluding diaryl/α,β-unsaturated/α-hetero) is 1. The number of unbranched alkanes of at least 4 members (excludes halogenated alkanes) is 2. The third-order valence-corrected chi connectivity index (χ3v) is 4.59. The van der Waals surface area contributed by atoms with E-state index in [2.05, 4.69) is 0 Å². The lowest BCUT2D eigenvalue weighted by molar-refractivity contribution is -0.132. The molecule has 0 saturated heterocycles. The second kappa shape index (κ2) is 10.6. The predicted octanol–water partition coefficient (Wildman–Crippen LogP) is 5.64. The molecule has 0 aromatic heterocycles. The summed E-state index contributed by atoms with van der Waals surface area (Å²) < 4.78 is 20.7. The van der Waals surface area contributed by atoms with Gasteiger partial charge >= 0.3 is 5.97 Å². The number of rotatable bonds is 11. The van der Waals surface area contributed by atoms with Crippen LogP contribution in [-0.4, -0.2) is 18.4 Å². The Labute approximate surface area is 160 Å². The molecule has 0 saturated carbocycles. The van der Waals surface area contributed by atoms with Crippen LogP contribution in [0.3, 0.4) is 0 Å². The zero-order valence-corrected chi connectivity index (χ0v) is 15.8. The second-order valence-corrected chi connectivity index (χ2v) is 6.65. The lowest BCUT2D eigenvalue weighted by Gasteiger charge is -2.24. The van der Waals surface area contributed by atoms with E-state index in [4.69, 9.17) is 4.74 Å². The maximum atomic E-state index is 15.5. The summed E-state index contributed by atoms with van der Waals surface area (Å²) in [5.41, 5.74) is -1.00. The van der Waals surface area contributed by atoms with E-state index in [1.54, 1.807) is 48.5 Å². The van der Waals surface area contributed by atoms with Gasteiger partial charge in [0, 0.05) is 6.42 Å². The fraction of sp³-hybridized carbons (Fsp3) is 0.391. The summed E-state index contributed by atoms with van der Waals surface area (Å²) >= 11 is 0. The SMILES string of the molecule is CCCCC(F)(C(=O)CCCCOC(=O)c1ccccc1)c1ccccc1. The summed E-state index contributed by atoms with van der Waals surface area (Å²) in [6, 6.07) is 17.4. The first-order valence-electron chi connectivity index (χ1n) is 9.58. The van der Waals surface area contributed by atoms with E-state index in [-0.39, 0.29) is 25.4 Å². The van der Waals surface area contributed by atoms with Gasteiger partial charge in [0.05, 0.1) is 12.2 Å². The molecule has 0 amide bonds. The number of alkyl halides is 1. The number of carbonyl (C=O) groups excluding carboxylic acids is 2. The number of esters is 1. The molecule has 4 heteroatoms. The summed E-state index contributed by atoms with van der Waals surface area (Å²) in [7, 11) is 0. The second-order valence-electron chi connectivity index (χ2n) is 6.65. The molecule has 0 N–H and O–H groups in total. The highest BCUT2D eigenvalue weighted by Gasteiger charge is 2.38. The molecule has 0 bridgehead atoms. The van der Waals surface area contributed by atoms with Crippen molar-refractivity contribution >= 4 is 11.8 Å². The number of halogens is 1. The highest BCUT2D eigenvalue weighted by molar-refractivity contribution is 5.89. The molecule has 0 spiro atoms. The fourth-order valence-electron chi connectivity index (χ4n) is 2.98. The van der Waals surface area contributed by atoms with Crippen LogP contribution in [0.25, 0.3) is 0 Å². The molecule has 0 radical (unpaired) electrons. The summed E-state index contributed by atoms with van der Waals surface area (Å²) in [6.07, 6.45) is 2.86. The average Bonchev–Trinajstić information content (AvgIpc) is 2.72. The fourth-order valence-corrected chi connectivity index (χ4v) is 2.98. The van der Waals surface area contributed by atoms with Crippen LogP contribution in [-0.2, 0) is 15.2 Å². The van der Waals surface area contributed by atoms with Gasteiger partial charge in [-0.05, 0) is 43.4 Å². The minimum atomic E-state index is -1.93. The van der Waals surface area contributed by atoms with E-state index in [0.717, 1.165) is 6.42 Å². The molecule has 2 rings (SSSR count). The minimum absolute atomic E-state index is 0.137. The highest BCUT2D eigenvalue weighted by Crippen LogP contribution is 2.34. The Morgan fingerprint density at radius 2 is 1.56 bits per heavy atom. The van der Waals surface area contributed by atoms with Gasteiger partial charge in [0.2, 0.25) is 0 Å². The quantitative estimate of drug-likeness (QED) is 0.380. The normalized spacial score (nSPS) is 13.0. The predicted molar refractivity (Wildman–Crippen MR) is 104 cm³/mol. The smallest absolute Gasteiger partial charge is 0.338 e. The van der Waals surface area contributed by atoms with Crippen molar-refractivity contribution in [3.8, 4) is 0 Å². The molecular formula is C23H27FO3. The Balaban J connectivity index is 1.82. The van der Waals surface area contributed by atoms with Crippen LogP contribution in [0, 0.1) is 0 Å². The van der Waals surface area contributed by atoms with Crippen LogP contribution < -0.4 is 0 Å². The minimum Gasteiger partial charge on any atom is -0.462 e. The van der Waals surface area contributed by atoms with Gasteiger partial charge in [0.15, 0.2) is 11.5 Å². The summed E-state index contributed by atoms with van der Waals surface area (Å²) in [6.45, 7) is 2.21. The molecule has 1 atom stereocenters. The largest absolute Gasteiger partial charge is 0.462 e. The van der Waals surface area contributed by atoms with E-state index in [1.165, 1.54) is 0 Å². The molecule has 3 nitrogen and oxygen atoms in total. The standard InChI is InChI=1S/C23H27FO3/c1-2-3-17-23(24,20-14-8-5-9-15-20)21(25)16-10-11-18-27-22(26)19-12-6-4-7-13-19/h4-9,12-15H,2-3,10-11,16-18H2,1H3. The number of hydrogen-bond donors (Lipinski definition) is 0. The average molecular weight is 370 g/mol.